The van der Waals surface area contributed by atoms with Gasteiger partial charge in [0.2, 0.25) is 0 Å². The van der Waals surface area contributed by atoms with Gasteiger partial charge in [0, 0.05) is 45.3 Å². The molecular weight excluding hydrogens is 373 g/mol. The predicted molar refractivity (Wildman–Crippen MR) is 96.8 cm³/mol. The lowest BCUT2D eigenvalue weighted by Crippen LogP contribution is -2.42. The summed E-state index contributed by atoms with van der Waals surface area (Å²) in [4.78, 5) is 32.0. The second-order valence-electron chi connectivity index (χ2n) is 6.71. The fourth-order valence-corrected chi connectivity index (χ4v) is 3.11. The molecule has 0 unspecified atom stereocenters. The van der Waals surface area contributed by atoms with Crippen molar-refractivity contribution >= 4 is 17.6 Å². The lowest BCUT2D eigenvalue weighted by Gasteiger charge is -2.31. The van der Waals surface area contributed by atoms with E-state index in [-0.39, 0.29) is 11.7 Å². The average molecular weight is 392 g/mol. The van der Waals surface area contributed by atoms with E-state index in [1.165, 1.54) is 23.2 Å². The second-order valence-corrected chi connectivity index (χ2v) is 6.71. The van der Waals surface area contributed by atoms with Gasteiger partial charge < -0.3 is 15.1 Å². The summed E-state index contributed by atoms with van der Waals surface area (Å²) in [6.45, 7) is 0.766. The maximum atomic E-state index is 12.9. The van der Waals surface area contributed by atoms with Crippen LogP contribution in [0.2, 0.25) is 0 Å². The van der Waals surface area contributed by atoms with Crippen molar-refractivity contribution in [3.05, 3.63) is 58.9 Å². The molecule has 0 saturated carbocycles. The van der Waals surface area contributed by atoms with Gasteiger partial charge in [-0.15, -0.1) is 0 Å². The van der Waals surface area contributed by atoms with Crippen molar-refractivity contribution in [2.24, 2.45) is 0 Å². The summed E-state index contributed by atoms with van der Waals surface area (Å²) in [7, 11) is 3.32. The monoisotopic (exact) mass is 392 g/mol. The van der Waals surface area contributed by atoms with Crippen LogP contribution in [0.1, 0.15) is 27.0 Å². The highest BCUT2D eigenvalue weighted by Gasteiger charge is 2.31. The van der Waals surface area contributed by atoms with Crippen molar-refractivity contribution in [3.8, 4) is 0 Å². The molecule has 3 rings (SSSR count). The summed E-state index contributed by atoms with van der Waals surface area (Å²) in [5, 5.41) is 2.51. The Morgan fingerprint density at radius 2 is 1.96 bits per heavy atom. The van der Waals surface area contributed by atoms with Gasteiger partial charge in [0.05, 0.1) is 11.1 Å². The molecule has 6 nitrogen and oxygen atoms in total. The molecule has 1 aliphatic heterocycles. The highest BCUT2D eigenvalue weighted by molar-refractivity contribution is 6.05. The molecule has 0 bridgehead atoms. The lowest BCUT2D eigenvalue weighted by atomic mass is 9.96. The summed E-state index contributed by atoms with van der Waals surface area (Å²) in [6, 6.07) is 4.33. The molecule has 0 radical (unpaired) electrons. The van der Waals surface area contributed by atoms with Crippen molar-refractivity contribution in [3.63, 3.8) is 0 Å². The number of urea groups is 1. The molecule has 0 aliphatic carbocycles. The normalized spacial score (nSPS) is 13.7. The molecule has 28 heavy (non-hydrogen) atoms. The highest BCUT2D eigenvalue weighted by atomic mass is 19.4. The predicted octanol–water partition coefficient (Wildman–Crippen LogP) is 3.39. The molecular formula is C19H19F3N4O2. The maximum absolute atomic E-state index is 12.9. The van der Waals surface area contributed by atoms with Crippen molar-refractivity contribution in [1.29, 1.82) is 0 Å². The van der Waals surface area contributed by atoms with Gasteiger partial charge in [0.25, 0.3) is 5.91 Å². The Balaban J connectivity index is 1.81. The Morgan fingerprint density at radius 3 is 2.64 bits per heavy atom. The van der Waals surface area contributed by atoms with Gasteiger partial charge in [-0.3, -0.25) is 9.78 Å². The van der Waals surface area contributed by atoms with Crippen LogP contribution in [0.4, 0.5) is 23.7 Å². The number of hydrogen-bond donors (Lipinski definition) is 1. The van der Waals surface area contributed by atoms with E-state index < -0.39 is 17.6 Å². The zero-order valence-corrected chi connectivity index (χ0v) is 15.4. The van der Waals surface area contributed by atoms with Crippen LogP contribution in [0.15, 0.2) is 36.7 Å². The average Bonchev–Trinajstić information content (AvgIpc) is 2.65. The summed E-state index contributed by atoms with van der Waals surface area (Å²) in [6.07, 6.45) is -1.03. The van der Waals surface area contributed by atoms with Crippen LogP contribution in [0.25, 0.3) is 0 Å². The zero-order valence-electron chi connectivity index (χ0n) is 15.4. The Kier molecular flexibility index (Phi) is 5.26. The van der Waals surface area contributed by atoms with E-state index in [0.29, 0.717) is 25.1 Å². The molecule has 1 N–H and O–H groups in total. The van der Waals surface area contributed by atoms with Crippen LogP contribution in [-0.2, 0) is 19.1 Å². The second kappa shape index (κ2) is 7.49. The van der Waals surface area contributed by atoms with Gasteiger partial charge in [0.15, 0.2) is 0 Å². The van der Waals surface area contributed by atoms with E-state index >= 15 is 0 Å². The number of pyridine rings is 1. The molecule has 3 amide bonds. The smallest absolute Gasteiger partial charge is 0.331 e. The van der Waals surface area contributed by atoms with Gasteiger partial charge in [-0.2, -0.15) is 13.2 Å². The number of fused-ring (bicyclic) bond motifs is 1. The topological polar surface area (TPSA) is 65.5 Å². The summed E-state index contributed by atoms with van der Waals surface area (Å²) >= 11 is 0. The van der Waals surface area contributed by atoms with Crippen LogP contribution in [0, 0.1) is 0 Å². The Hall–Kier alpha value is -3.10. The molecule has 0 atom stereocenters. The van der Waals surface area contributed by atoms with Crippen molar-refractivity contribution in [1.82, 2.24) is 14.8 Å². The number of benzene rings is 1. The van der Waals surface area contributed by atoms with E-state index in [9.17, 15) is 22.8 Å². The maximum Gasteiger partial charge on any atom is 0.416 e. The first-order chi connectivity index (χ1) is 13.2. The van der Waals surface area contributed by atoms with Gasteiger partial charge in [-0.1, -0.05) is 6.07 Å². The summed E-state index contributed by atoms with van der Waals surface area (Å²) in [5.41, 5.74) is 1.02. The molecule has 0 fully saturated rings. The number of halogens is 3. The van der Waals surface area contributed by atoms with E-state index in [2.05, 4.69) is 10.3 Å². The van der Waals surface area contributed by atoms with Gasteiger partial charge in [0.1, 0.15) is 0 Å². The Labute approximate surface area is 160 Å². The number of amides is 3. The molecule has 0 spiro atoms. The number of carbonyl (C=O) groups excluding carboxylic acids is 2. The molecule has 0 saturated heterocycles. The van der Waals surface area contributed by atoms with Crippen LogP contribution >= 0.6 is 0 Å². The third-order valence-electron chi connectivity index (χ3n) is 4.49. The number of nitrogens with one attached hydrogen (secondary N) is 1. The molecule has 148 valence electrons. The number of rotatable bonds is 2. The Morgan fingerprint density at radius 1 is 1.21 bits per heavy atom. The van der Waals surface area contributed by atoms with Crippen LogP contribution in [-0.4, -0.2) is 47.4 Å². The minimum absolute atomic E-state index is 0.0534. The van der Waals surface area contributed by atoms with Crippen molar-refractivity contribution in [2.75, 3.05) is 26.0 Å². The van der Waals surface area contributed by atoms with Crippen molar-refractivity contribution < 1.29 is 22.8 Å². The van der Waals surface area contributed by atoms with E-state index in [4.69, 9.17) is 0 Å². The third-order valence-corrected chi connectivity index (χ3v) is 4.49. The third kappa shape index (κ3) is 4.08. The standard InChI is InChI=1S/C19H19F3N4O2/c1-25(2)18(28)26-7-6-15-12(11-26)9-23-10-16(15)17(27)24-14-5-3-4-13(8-14)19(20,21)22/h3-5,8-10H,6-7,11H2,1-2H3,(H,24,27). The number of hydrogen-bond acceptors (Lipinski definition) is 3. The first-order valence-electron chi connectivity index (χ1n) is 8.57. The van der Waals surface area contributed by atoms with E-state index in [0.717, 1.165) is 23.3 Å². The molecule has 1 aromatic carbocycles. The Bertz CT molecular complexity index is 912. The SMILES string of the molecule is CN(C)C(=O)N1CCc2c(cncc2C(=O)Nc2cccc(C(F)(F)F)c2)C1. The number of alkyl halides is 3. The fraction of sp³-hybridized carbons (Fsp3) is 0.316. The number of carbonyl (C=O) groups is 2. The van der Waals surface area contributed by atoms with Gasteiger partial charge >= 0.3 is 12.2 Å². The lowest BCUT2D eigenvalue weighted by molar-refractivity contribution is -0.137. The molecule has 1 aromatic heterocycles. The zero-order chi connectivity index (χ0) is 20.5. The highest BCUT2D eigenvalue weighted by Crippen LogP contribution is 2.31. The summed E-state index contributed by atoms with van der Waals surface area (Å²) in [5.74, 6) is -0.531. The molecule has 1 aliphatic rings. The molecule has 9 heteroatoms. The van der Waals surface area contributed by atoms with Gasteiger partial charge in [-0.25, -0.2) is 4.79 Å². The number of anilines is 1. The molecule has 2 heterocycles. The van der Waals surface area contributed by atoms with Crippen LogP contribution in [0.3, 0.4) is 0 Å². The summed E-state index contributed by atoms with van der Waals surface area (Å²) < 4.78 is 38.6. The fourth-order valence-electron chi connectivity index (χ4n) is 3.11. The number of nitrogens with zero attached hydrogens (tertiary/aromatic N) is 3. The van der Waals surface area contributed by atoms with Crippen molar-refractivity contribution in [2.45, 2.75) is 19.1 Å². The first-order valence-corrected chi connectivity index (χ1v) is 8.57. The minimum Gasteiger partial charge on any atom is -0.331 e. The first kappa shape index (κ1) is 19.7. The minimum atomic E-state index is -4.49. The van der Waals surface area contributed by atoms with Crippen LogP contribution in [0.5, 0.6) is 0 Å². The van der Waals surface area contributed by atoms with E-state index in [1.54, 1.807) is 25.2 Å². The quantitative estimate of drug-likeness (QED) is 0.852. The molecule has 2 aromatic rings. The van der Waals surface area contributed by atoms with E-state index in [1.807, 2.05) is 0 Å². The number of aromatic nitrogens is 1. The largest absolute Gasteiger partial charge is 0.416 e. The van der Waals surface area contributed by atoms with Gasteiger partial charge in [-0.05, 0) is 35.7 Å². The van der Waals surface area contributed by atoms with Crippen LogP contribution < -0.4 is 5.32 Å².